The number of ketones is 2. The Morgan fingerprint density at radius 3 is 2.65 bits per heavy atom. The molecule has 0 amide bonds. The van der Waals surface area contributed by atoms with Gasteiger partial charge in [0.1, 0.15) is 5.60 Å². The topological polar surface area (TPSA) is 101 Å². The molecule has 0 radical (unpaired) electrons. The molecule has 0 saturated heterocycles. The Morgan fingerprint density at radius 1 is 1.26 bits per heavy atom. The lowest BCUT2D eigenvalue weighted by atomic mass is 9.46. The molecule has 0 aromatic heterocycles. The van der Waals surface area contributed by atoms with Crippen molar-refractivity contribution in [1.29, 1.82) is 0 Å². The average molecular weight is 537 g/mol. The second kappa shape index (κ2) is 8.67. The number of ether oxygens (including phenoxy) is 1. The number of unbranched alkanes of at least 4 members (excludes halogenated alkanes) is 1. The second-order valence-electron chi connectivity index (χ2n) is 11.4. The summed E-state index contributed by atoms with van der Waals surface area (Å²) in [5, 5.41) is 23.6. The van der Waals surface area contributed by atoms with Crippen LogP contribution in [0.25, 0.3) is 0 Å². The minimum atomic E-state index is -1.69. The Hall–Kier alpha value is -1.31. The Labute approximate surface area is 210 Å². The molecule has 4 aliphatic carbocycles. The standard InChI is InChI=1S/C27H37BrO6/c1-5-6-7-23(32)34-15-22(31)27(33)16(2)12-20-19-9-8-17-13-18(29)10-11-24(17,3)26(19,28)21(30)14-25(20,27)4/h10-11,13,16,19-21,30,33H,5-9,12,14-15H2,1-4H3/t16?,19-,20-,21?,24-,25-,26-,27-/m0/s1. The maximum atomic E-state index is 13.4. The van der Waals surface area contributed by atoms with Crippen LogP contribution in [0.5, 0.6) is 0 Å². The number of aliphatic hydroxyl groups excluding tert-OH is 1. The van der Waals surface area contributed by atoms with Crippen LogP contribution in [0.2, 0.25) is 0 Å². The van der Waals surface area contributed by atoms with E-state index in [9.17, 15) is 24.6 Å². The molecule has 2 unspecified atom stereocenters. The van der Waals surface area contributed by atoms with Crippen LogP contribution in [-0.2, 0) is 19.1 Å². The lowest BCUT2D eigenvalue weighted by molar-refractivity contribution is -0.181. The molecule has 0 aromatic carbocycles. The van der Waals surface area contributed by atoms with Gasteiger partial charge in [-0.05, 0) is 62.0 Å². The molecular formula is C27H37BrO6. The molecule has 0 spiro atoms. The number of rotatable bonds is 6. The highest BCUT2D eigenvalue weighted by Gasteiger charge is 2.74. The predicted molar refractivity (Wildman–Crippen MR) is 131 cm³/mol. The monoisotopic (exact) mass is 536 g/mol. The molecule has 8 atom stereocenters. The summed E-state index contributed by atoms with van der Waals surface area (Å²) in [5.74, 6) is -1.28. The van der Waals surface area contributed by atoms with Crippen LogP contribution in [0, 0.1) is 28.6 Å². The van der Waals surface area contributed by atoms with Crippen LogP contribution in [0.1, 0.15) is 72.6 Å². The number of fused-ring (bicyclic) bond motifs is 5. The molecule has 6 nitrogen and oxygen atoms in total. The van der Waals surface area contributed by atoms with Crippen molar-refractivity contribution in [3.8, 4) is 0 Å². The molecule has 34 heavy (non-hydrogen) atoms. The lowest BCUT2D eigenvalue weighted by Gasteiger charge is -2.64. The van der Waals surface area contributed by atoms with Gasteiger partial charge in [-0.3, -0.25) is 14.4 Å². The van der Waals surface area contributed by atoms with Gasteiger partial charge in [-0.1, -0.05) is 61.7 Å². The van der Waals surface area contributed by atoms with E-state index in [1.807, 2.05) is 26.8 Å². The van der Waals surface area contributed by atoms with Crippen LogP contribution in [0.3, 0.4) is 0 Å². The number of Topliss-reactive ketones (excluding diaryl/α,β-unsaturated/α-hetero) is 1. The van der Waals surface area contributed by atoms with Crippen LogP contribution in [0.15, 0.2) is 23.8 Å². The van der Waals surface area contributed by atoms with Gasteiger partial charge in [0.25, 0.3) is 0 Å². The van der Waals surface area contributed by atoms with Crippen molar-refractivity contribution in [2.24, 2.45) is 28.6 Å². The first-order valence-electron chi connectivity index (χ1n) is 12.6. The van der Waals surface area contributed by atoms with Crippen molar-refractivity contribution < 1.29 is 29.3 Å². The normalized spacial score (nSPS) is 45.1. The molecule has 4 aliphatic rings. The summed E-state index contributed by atoms with van der Waals surface area (Å²) >= 11 is 4.00. The van der Waals surface area contributed by atoms with Crippen molar-refractivity contribution in [2.75, 3.05) is 6.61 Å². The number of halogens is 1. The van der Waals surface area contributed by atoms with Gasteiger partial charge < -0.3 is 14.9 Å². The highest BCUT2D eigenvalue weighted by Crippen LogP contribution is 2.71. The van der Waals surface area contributed by atoms with Gasteiger partial charge in [-0.15, -0.1) is 0 Å². The van der Waals surface area contributed by atoms with Crippen molar-refractivity contribution >= 4 is 33.5 Å². The zero-order valence-electron chi connectivity index (χ0n) is 20.6. The van der Waals surface area contributed by atoms with E-state index in [4.69, 9.17) is 4.74 Å². The van der Waals surface area contributed by atoms with E-state index in [0.717, 1.165) is 24.8 Å². The van der Waals surface area contributed by atoms with E-state index in [-0.39, 0.29) is 36.4 Å². The number of aliphatic hydroxyl groups is 2. The molecule has 7 heteroatoms. The van der Waals surface area contributed by atoms with Crippen LogP contribution >= 0.6 is 15.9 Å². The van der Waals surface area contributed by atoms with Crippen molar-refractivity contribution in [1.82, 2.24) is 0 Å². The van der Waals surface area contributed by atoms with Gasteiger partial charge in [0.2, 0.25) is 5.78 Å². The molecule has 0 aliphatic heterocycles. The van der Waals surface area contributed by atoms with Gasteiger partial charge in [-0.2, -0.15) is 0 Å². The fraction of sp³-hybridized carbons (Fsp3) is 0.741. The second-order valence-corrected chi connectivity index (χ2v) is 12.7. The molecule has 3 fully saturated rings. The Kier molecular flexibility index (Phi) is 6.57. The highest BCUT2D eigenvalue weighted by atomic mass is 79.9. The number of allylic oxidation sites excluding steroid dienone is 4. The molecular weight excluding hydrogens is 500 g/mol. The Balaban J connectivity index is 1.65. The number of hydrogen-bond acceptors (Lipinski definition) is 6. The number of carbonyl (C=O) groups excluding carboxylic acids is 3. The molecule has 4 rings (SSSR count). The summed E-state index contributed by atoms with van der Waals surface area (Å²) in [4.78, 5) is 37.5. The summed E-state index contributed by atoms with van der Waals surface area (Å²) in [6.07, 6.45) is 8.54. The predicted octanol–water partition coefficient (Wildman–Crippen LogP) is 4.06. The van der Waals surface area contributed by atoms with Gasteiger partial charge in [0.15, 0.2) is 12.4 Å². The largest absolute Gasteiger partial charge is 0.458 e. The third kappa shape index (κ3) is 3.36. The van der Waals surface area contributed by atoms with Crippen LogP contribution in [0.4, 0.5) is 0 Å². The van der Waals surface area contributed by atoms with E-state index >= 15 is 0 Å². The molecule has 188 valence electrons. The average Bonchev–Trinajstić information content (AvgIpc) is 2.99. The van der Waals surface area contributed by atoms with Crippen molar-refractivity contribution in [2.45, 2.75) is 88.7 Å². The quantitative estimate of drug-likeness (QED) is 0.392. The third-order valence-corrected chi connectivity index (χ3v) is 11.7. The molecule has 0 heterocycles. The maximum absolute atomic E-state index is 13.4. The summed E-state index contributed by atoms with van der Waals surface area (Å²) in [6.45, 7) is 7.41. The van der Waals surface area contributed by atoms with Gasteiger partial charge in [0.05, 0.1) is 10.4 Å². The van der Waals surface area contributed by atoms with E-state index in [0.29, 0.717) is 12.8 Å². The van der Waals surface area contributed by atoms with E-state index < -0.39 is 45.2 Å². The maximum Gasteiger partial charge on any atom is 0.306 e. The zero-order valence-corrected chi connectivity index (χ0v) is 22.2. The molecule has 3 saturated carbocycles. The Bertz CT molecular complexity index is 957. The van der Waals surface area contributed by atoms with Crippen molar-refractivity contribution in [3.05, 3.63) is 23.8 Å². The van der Waals surface area contributed by atoms with Crippen LogP contribution < -0.4 is 0 Å². The van der Waals surface area contributed by atoms with E-state index in [2.05, 4.69) is 22.9 Å². The van der Waals surface area contributed by atoms with Gasteiger partial charge in [0, 0.05) is 17.3 Å². The third-order valence-electron chi connectivity index (χ3n) is 9.75. The van der Waals surface area contributed by atoms with Crippen molar-refractivity contribution in [3.63, 3.8) is 0 Å². The summed E-state index contributed by atoms with van der Waals surface area (Å²) in [5.41, 5.74) is -2.06. The fourth-order valence-electron chi connectivity index (χ4n) is 7.79. The zero-order chi connectivity index (χ0) is 25.1. The molecule has 0 aromatic rings. The summed E-state index contributed by atoms with van der Waals surface area (Å²) in [7, 11) is 0. The highest BCUT2D eigenvalue weighted by molar-refractivity contribution is 9.10. The van der Waals surface area contributed by atoms with E-state index in [1.165, 1.54) is 0 Å². The lowest BCUT2D eigenvalue weighted by Crippen LogP contribution is -2.68. The van der Waals surface area contributed by atoms with Gasteiger partial charge in [-0.25, -0.2) is 0 Å². The van der Waals surface area contributed by atoms with Gasteiger partial charge >= 0.3 is 5.97 Å². The first kappa shape index (κ1) is 25.8. The fourth-order valence-corrected chi connectivity index (χ4v) is 8.89. The summed E-state index contributed by atoms with van der Waals surface area (Å²) < 4.78 is 4.54. The SMILES string of the molecule is CCCCC(=O)OCC(=O)[C@@]1(O)C(C)C[C@H]2[C@@H]3CCC4=CC(=O)C=C[C@]4(C)[C@@]3(Br)C(O)C[C@@]21C. The number of hydrogen-bond donors (Lipinski definition) is 2. The van der Waals surface area contributed by atoms with Crippen LogP contribution in [-0.4, -0.2) is 50.4 Å². The van der Waals surface area contributed by atoms with E-state index in [1.54, 1.807) is 12.2 Å². The first-order valence-corrected chi connectivity index (χ1v) is 13.4. The molecule has 2 N–H and O–H groups in total. The first-order chi connectivity index (χ1) is 15.9. The summed E-state index contributed by atoms with van der Waals surface area (Å²) in [6, 6.07) is 0. The number of alkyl halides is 1. The number of carbonyl (C=O) groups is 3. The molecule has 0 bridgehead atoms. The minimum Gasteiger partial charge on any atom is -0.458 e. The number of esters is 1. The minimum absolute atomic E-state index is 0.00219. The smallest absolute Gasteiger partial charge is 0.306 e. The Morgan fingerprint density at radius 2 is 1.97 bits per heavy atom.